The van der Waals surface area contributed by atoms with E-state index in [-0.39, 0.29) is 18.1 Å². The summed E-state index contributed by atoms with van der Waals surface area (Å²) in [5, 5.41) is 9.80. The maximum atomic E-state index is 11.8. The van der Waals surface area contributed by atoms with Gasteiger partial charge in [0.05, 0.1) is 24.7 Å². The third-order valence-electron chi connectivity index (χ3n) is 3.85. The van der Waals surface area contributed by atoms with Crippen LogP contribution >= 0.6 is 0 Å². The average molecular weight is 263 g/mol. The molecule has 0 saturated carbocycles. The van der Waals surface area contributed by atoms with Crippen molar-refractivity contribution >= 4 is 6.09 Å². The van der Waals surface area contributed by atoms with Gasteiger partial charge >= 0.3 is 6.09 Å². The van der Waals surface area contributed by atoms with Crippen molar-refractivity contribution in [3.63, 3.8) is 0 Å². The van der Waals surface area contributed by atoms with Gasteiger partial charge in [0.15, 0.2) is 0 Å². The molecule has 2 aliphatic heterocycles. The van der Waals surface area contributed by atoms with E-state index in [1.54, 1.807) is 4.90 Å². The summed E-state index contributed by atoms with van der Waals surface area (Å²) in [6.45, 7) is 2.20. The highest BCUT2D eigenvalue weighted by Crippen LogP contribution is 2.38. The molecule has 1 aromatic carbocycles. The van der Waals surface area contributed by atoms with Crippen LogP contribution in [0.3, 0.4) is 0 Å². The molecule has 5 heteroatoms. The van der Waals surface area contributed by atoms with E-state index in [0.29, 0.717) is 26.3 Å². The number of hydrogen-bond acceptors (Lipinski definition) is 4. The standard InChI is InChI=1S/C14H17NO4/c16-12-7-18-10-14(12)8-15(9-14)13(17)19-6-11-4-2-1-3-5-11/h1-5,12,16H,6-10H2. The molecule has 1 N–H and O–H groups in total. The zero-order chi connectivity index (χ0) is 13.3. The van der Waals surface area contributed by atoms with Crippen LogP contribution in [0.25, 0.3) is 0 Å². The lowest BCUT2D eigenvalue weighted by Gasteiger charge is -2.47. The zero-order valence-electron chi connectivity index (χ0n) is 10.6. The van der Waals surface area contributed by atoms with Gasteiger partial charge in [-0.2, -0.15) is 0 Å². The molecule has 5 nitrogen and oxygen atoms in total. The van der Waals surface area contributed by atoms with Gasteiger partial charge < -0.3 is 19.5 Å². The lowest BCUT2D eigenvalue weighted by molar-refractivity contribution is -0.0585. The molecule has 19 heavy (non-hydrogen) atoms. The Morgan fingerprint density at radius 2 is 2.16 bits per heavy atom. The Balaban J connectivity index is 1.48. The van der Waals surface area contributed by atoms with Crippen LogP contribution < -0.4 is 0 Å². The Hall–Kier alpha value is -1.59. The topological polar surface area (TPSA) is 59.0 Å². The van der Waals surface area contributed by atoms with Crippen LogP contribution in [0, 0.1) is 5.41 Å². The van der Waals surface area contributed by atoms with Crippen molar-refractivity contribution in [3.05, 3.63) is 35.9 Å². The third kappa shape index (κ3) is 2.31. The van der Waals surface area contributed by atoms with Gasteiger partial charge in [-0.15, -0.1) is 0 Å². The Morgan fingerprint density at radius 3 is 2.79 bits per heavy atom. The van der Waals surface area contributed by atoms with Crippen molar-refractivity contribution in [3.8, 4) is 0 Å². The summed E-state index contributed by atoms with van der Waals surface area (Å²) >= 11 is 0. The van der Waals surface area contributed by atoms with Crippen LogP contribution in [0.15, 0.2) is 30.3 Å². The second-order valence-electron chi connectivity index (χ2n) is 5.29. The van der Waals surface area contributed by atoms with E-state index in [0.717, 1.165) is 5.56 Å². The minimum absolute atomic E-state index is 0.258. The first-order valence-corrected chi connectivity index (χ1v) is 6.41. The van der Waals surface area contributed by atoms with E-state index in [4.69, 9.17) is 9.47 Å². The fraction of sp³-hybridized carbons (Fsp3) is 0.500. The molecule has 0 radical (unpaired) electrons. The molecule has 2 saturated heterocycles. The molecule has 2 aliphatic rings. The van der Waals surface area contributed by atoms with Crippen molar-refractivity contribution in [2.24, 2.45) is 5.41 Å². The number of aliphatic hydroxyl groups is 1. The molecule has 1 amide bonds. The highest BCUT2D eigenvalue weighted by molar-refractivity contribution is 5.69. The van der Waals surface area contributed by atoms with Crippen molar-refractivity contribution in [1.82, 2.24) is 4.90 Å². The van der Waals surface area contributed by atoms with Gasteiger partial charge in [-0.25, -0.2) is 4.79 Å². The maximum Gasteiger partial charge on any atom is 0.410 e. The van der Waals surface area contributed by atoms with Crippen LogP contribution in [-0.2, 0) is 16.1 Å². The van der Waals surface area contributed by atoms with Crippen LogP contribution in [0.5, 0.6) is 0 Å². The number of aliphatic hydroxyl groups excluding tert-OH is 1. The van der Waals surface area contributed by atoms with Gasteiger partial charge in [-0.1, -0.05) is 30.3 Å². The van der Waals surface area contributed by atoms with Crippen LogP contribution in [-0.4, -0.2) is 48.5 Å². The normalized spacial score (nSPS) is 24.3. The van der Waals surface area contributed by atoms with Gasteiger partial charge in [0.1, 0.15) is 6.61 Å². The van der Waals surface area contributed by atoms with Crippen LogP contribution in [0.4, 0.5) is 4.79 Å². The second kappa shape index (κ2) is 4.83. The lowest BCUT2D eigenvalue weighted by Crippen LogP contribution is -2.63. The molecule has 2 fully saturated rings. The van der Waals surface area contributed by atoms with E-state index < -0.39 is 6.10 Å². The van der Waals surface area contributed by atoms with E-state index >= 15 is 0 Å². The number of nitrogens with zero attached hydrogens (tertiary/aromatic N) is 1. The molecule has 0 bridgehead atoms. The summed E-state index contributed by atoms with van der Waals surface area (Å²) in [6, 6.07) is 9.58. The van der Waals surface area contributed by atoms with Crippen LogP contribution in [0.1, 0.15) is 5.56 Å². The van der Waals surface area contributed by atoms with Gasteiger partial charge in [0.2, 0.25) is 0 Å². The number of likely N-dealkylation sites (tertiary alicyclic amines) is 1. The van der Waals surface area contributed by atoms with Gasteiger partial charge in [0, 0.05) is 13.1 Å². The molecule has 1 unspecified atom stereocenters. The number of carbonyl (C=O) groups excluding carboxylic acids is 1. The monoisotopic (exact) mass is 263 g/mol. The minimum Gasteiger partial charge on any atom is -0.445 e. The maximum absolute atomic E-state index is 11.8. The number of benzene rings is 1. The number of amides is 1. The predicted molar refractivity (Wildman–Crippen MR) is 67.5 cm³/mol. The third-order valence-corrected chi connectivity index (χ3v) is 3.85. The molecular formula is C14H17NO4. The Kier molecular flexibility index (Phi) is 3.16. The van der Waals surface area contributed by atoms with E-state index in [1.807, 2.05) is 30.3 Å². The van der Waals surface area contributed by atoms with Gasteiger partial charge in [-0.3, -0.25) is 0 Å². The first kappa shape index (κ1) is 12.4. The number of carbonyl (C=O) groups is 1. The van der Waals surface area contributed by atoms with E-state index in [1.165, 1.54) is 0 Å². The Bertz CT molecular complexity index is 456. The minimum atomic E-state index is -0.467. The second-order valence-corrected chi connectivity index (χ2v) is 5.29. The molecule has 102 valence electrons. The fourth-order valence-corrected chi connectivity index (χ4v) is 2.60. The Labute approximate surface area is 111 Å². The van der Waals surface area contributed by atoms with Crippen molar-refractivity contribution in [1.29, 1.82) is 0 Å². The van der Waals surface area contributed by atoms with Crippen molar-refractivity contribution in [2.45, 2.75) is 12.7 Å². The SMILES string of the molecule is O=C(OCc1ccccc1)N1CC2(COCC2O)C1. The Morgan fingerprint density at radius 1 is 1.42 bits per heavy atom. The molecule has 0 aliphatic carbocycles. The van der Waals surface area contributed by atoms with E-state index in [9.17, 15) is 9.90 Å². The zero-order valence-corrected chi connectivity index (χ0v) is 10.6. The molecule has 1 atom stereocenters. The first-order valence-electron chi connectivity index (χ1n) is 6.41. The number of rotatable bonds is 2. The van der Waals surface area contributed by atoms with Crippen molar-refractivity contribution in [2.75, 3.05) is 26.3 Å². The largest absolute Gasteiger partial charge is 0.445 e. The summed E-state index contributed by atoms with van der Waals surface area (Å²) < 4.78 is 10.5. The number of ether oxygens (including phenoxy) is 2. The first-order chi connectivity index (χ1) is 9.20. The summed E-state index contributed by atoms with van der Waals surface area (Å²) in [5.74, 6) is 0. The quantitative estimate of drug-likeness (QED) is 0.865. The predicted octanol–water partition coefficient (Wildman–Crippen LogP) is 1.02. The highest BCUT2D eigenvalue weighted by atomic mass is 16.6. The summed E-state index contributed by atoms with van der Waals surface area (Å²) in [6.07, 6.45) is -0.792. The fourth-order valence-electron chi connectivity index (χ4n) is 2.60. The van der Waals surface area contributed by atoms with Crippen LogP contribution in [0.2, 0.25) is 0 Å². The highest BCUT2D eigenvalue weighted by Gasteiger charge is 2.54. The van der Waals surface area contributed by atoms with Crippen molar-refractivity contribution < 1.29 is 19.4 Å². The smallest absolute Gasteiger partial charge is 0.410 e. The average Bonchev–Trinajstić information content (AvgIpc) is 2.77. The summed E-state index contributed by atoms with van der Waals surface area (Å²) in [7, 11) is 0. The molecule has 2 heterocycles. The van der Waals surface area contributed by atoms with E-state index in [2.05, 4.69) is 0 Å². The van der Waals surface area contributed by atoms with Gasteiger partial charge in [0.25, 0.3) is 0 Å². The summed E-state index contributed by atoms with van der Waals surface area (Å²) in [5.41, 5.74) is 0.710. The molecular weight excluding hydrogens is 246 g/mol. The molecule has 0 aromatic heterocycles. The lowest BCUT2D eigenvalue weighted by atomic mass is 9.77. The number of hydrogen-bond donors (Lipinski definition) is 1. The van der Waals surface area contributed by atoms with Gasteiger partial charge in [-0.05, 0) is 5.56 Å². The molecule has 1 aromatic rings. The molecule has 1 spiro atoms. The molecule has 3 rings (SSSR count). The summed E-state index contributed by atoms with van der Waals surface area (Å²) in [4.78, 5) is 13.4.